The molecule has 0 unspecified atom stereocenters. The highest BCUT2D eigenvalue weighted by molar-refractivity contribution is 7.15. The molecule has 2 aromatic heterocycles. The summed E-state index contributed by atoms with van der Waals surface area (Å²) < 4.78 is 11.0. The number of hydrogen-bond acceptors (Lipinski definition) is 7. The standard InChI is InChI=1S/C13H20N4O2S/c1-5-13(6-2,18-4)12-16-11(19-17-12)10-8(3)15-9(7-14)20-10/h5-7,14H2,1-4H3. The normalized spacial score (nSPS) is 12.1. The first-order valence-corrected chi connectivity index (χ1v) is 7.47. The van der Waals surface area contributed by atoms with Gasteiger partial charge < -0.3 is 15.0 Å². The monoisotopic (exact) mass is 296 g/mol. The van der Waals surface area contributed by atoms with Gasteiger partial charge in [0.25, 0.3) is 5.89 Å². The third-order valence-electron chi connectivity index (χ3n) is 3.58. The summed E-state index contributed by atoms with van der Waals surface area (Å²) in [7, 11) is 1.67. The third-order valence-corrected chi connectivity index (χ3v) is 4.74. The number of rotatable bonds is 6. The predicted octanol–water partition coefficient (Wildman–Crippen LogP) is 2.62. The quantitative estimate of drug-likeness (QED) is 0.881. The van der Waals surface area contributed by atoms with E-state index in [4.69, 9.17) is 15.0 Å². The van der Waals surface area contributed by atoms with E-state index in [1.165, 1.54) is 11.3 Å². The molecule has 0 fully saturated rings. The van der Waals surface area contributed by atoms with Crippen molar-refractivity contribution >= 4 is 11.3 Å². The van der Waals surface area contributed by atoms with E-state index >= 15 is 0 Å². The lowest BCUT2D eigenvalue weighted by Crippen LogP contribution is -2.28. The predicted molar refractivity (Wildman–Crippen MR) is 77.3 cm³/mol. The van der Waals surface area contributed by atoms with Crippen molar-refractivity contribution in [2.24, 2.45) is 5.73 Å². The number of thiazole rings is 1. The van der Waals surface area contributed by atoms with Crippen LogP contribution >= 0.6 is 11.3 Å². The van der Waals surface area contributed by atoms with E-state index in [2.05, 4.69) is 15.1 Å². The van der Waals surface area contributed by atoms with Gasteiger partial charge in [-0.25, -0.2) is 4.98 Å². The van der Waals surface area contributed by atoms with Gasteiger partial charge in [0, 0.05) is 13.7 Å². The summed E-state index contributed by atoms with van der Waals surface area (Å²) in [4.78, 5) is 9.75. The number of nitrogens with two attached hydrogens (primary N) is 1. The Labute approximate surface area is 122 Å². The minimum atomic E-state index is -0.489. The molecule has 110 valence electrons. The molecule has 0 bridgehead atoms. The van der Waals surface area contributed by atoms with Crippen LogP contribution < -0.4 is 5.73 Å². The van der Waals surface area contributed by atoms with Crippen molar-refractivity contribution in [2.45, 2.75) is 45.8 Å². The Morgan fingerprint density at radius 2 is 2.00 bits per heavy atom. The first-order chi connectivity index (χ1) is 9.60. The van der Waals surface area contributed by atoms with Gasteiger partial charge in [0.05, 0.1) is 5.69 Å². The third kappa shape index (κ3) is 2.48. The summed E-state index contributed by atoms with van der Waals surface area (Å²) in [5, 5.41) is 4.95. The van der Waals surface area contributed by atoms with E-state index in [1.54, 1.807) is 7.11 Å². The fourth-order valence-corrected chi connectivity index (χ4v) is 3.05. The highest BCUT2D eigenvalue weighted by Gasteiger charge is 2.34. The van der Waals surface area contributed by atoms with Crippen LogP contribution in [0.5, 0.6) is 0 Å². The summed E-state index contributed by atoms with van der Waals surface area (Å²) in [6.45, 7) is 6.43. The van der Waals surface area contributed by atoms with Gasteiger partial charge in [0.2, 0.25) is 5.82 Å². The molecule has 2 N–H and O–H groups in total. The largest absolute Gasteiger partial charge is 0.370 e. The highest BCUT2D eigenvalue weighted by Crippen LogP contribution is 2.34. The molecular weight excluding hydrogens is 276 g/mol. The second-order valence-electron chi connectivity index (χ2n) is 4.55. The van der Waals surface area contributed by atoms with Crippen LogP contribution in [0.2, 0.25) is 0 Å². The number of aromatic nitrogens is 3. The van der Waals surface area contributed by atoms with E-state index < -0.39 is 5.60 Å². The molecule has 2 rings (SSSR count). The van der Waals surface area contributed by atoms with Crippen molar-refractivity contribution in [3.8, 4) is 10.8 Å². The summed E-state index contributed by atoms with van der Waals surface area (Å²) in [6.07, 6.45) is 1.57. The number of aryl methyl sites for hydroxylation is 1. The highest BCUT2D eigenvalue weighted by atomic mass is 32.1. The maximum absolute atomic E-state index is 5.61. The Hall–Kier alpha value is -1.31. The van der Waals surface area contributed by atoms with Crippen molar-refractivity contribution in [3.05, 3.63) is 16.5 Å². The SMILES string of the molecule is CCC(CC)(OC)c1noc(-c2sc(CN)nc2C)n1. The lowest BCUT2D eigenvalue weighted by molar-refractivity contribution is -0.0306. The molecule has 2 aromatic rings. The van der Waals surface area contributed by atoms with Gasteiger partial charge in [-0.3, -0.25) is 0 Å². The van der Waals surface area contributed by atoms with Gasteiger partial charge in [-0.15, -0.1) is 11.3 Å². The number of ether oxygens (including phenoxy) is 1. The van der Waals surface area contributed by atoms with Gasteiger partial charge in [-0.2, -0.15) is 4.98 Å². The smallest absolute Gasteiger partial charge is 0.270 e. The molecule has 0 saturated heterocycles. The van der Waals surface area contributed by atoms with Crippen molar-refractivity contribution in [3.63, 3.8) is 0 Å². The molecule has 0 aliphatic heterocycles. The van der Waals surface area contributed by atoms with Gasteiger partial charge >= 0.3 is 0 Å². The van der Waals surface area contributed by atoms with Crippen molar-refractivity contribution in [1.82, 2.24) is 15.1 Å². The molecule has 0 aliphatic carbocycles. The Kier molecular flexibility index (Phi) is 4.52. The van der Waals surface area contributed by atoms with Crippen LogP contribution in [-0.4, -0.2) is 22.2 Å². The van der Waals surface area contributed by atoms with E-state index in [-0.39, 0.29) is 0 Å². The molecule has 0 spiro atoms. The zero-order chi connectivity index (χ0) is 14.8. The summed E-state index contributed by atoms with van der Waals surface area (Å²) in [6, 6.07) is 0. The molecule has 0 radical (unpaired) electrons. The van der Waals surface area contributed by atoms with Gasteiger partial charge in [0.15, 0.2) is 0 Å². The Balaban J connectivity index is 2.39. The van der Waals surface area contributed by atoms with Crippen molar-refractivity contribution in [2.75, 3.05) is 7.11 Å². The molecule has 2 heterocycles. The van der Waals surface area contributed by atoms with E-state index in [0.29, 0.717) is 18.3 Å². The van der Waals surface area contributed by atoms with Crippen LogP contribution in [0.15, 0.2) is 4.52 Å². The second kappa shape index (κ2) is 5.99. The minimum absolute atomic E-state index is 0.415. The molecule has 0 atom stereocenters. The Morgan fingerprint density at radius 3 is 2.50 bits per heavy atom. The number of methoxy groups -OCH3 is 1. The van der Waals surface area contributed by atoms with Crippen LogP contribution in [0.1, 0.15) is 43.2 Å². The zero-order valence-electron chi connectivity index (χ0n) is 12.3. The minimum Gasteiger partial charge on any atom is -0.370 e. The summed E-state index contributed by atoms with van der Waals surface area (Å²) in [5.74, 6) is 1.07. The molecule has 0 saturated carbocycles. The lowest BCUT2D eigenvalue weighted by atomic mass is 9.96. The van der Waals surface area contributed by atoms with Gasteiger partial charge in [-0.1, -0.05) is 19.0 Å². The fourth-order valence-electron chi connectivity index (χ4n) is 2.18. The van der Waals surface area contributed by atoms with Crippen LogP contribution in [0.3, 0.4) is 0 Å². The first kappa shape index (κ1) is 15.1. The summed E-state index contributed by atoms with van der Waals surface area (Å²) in [5.41, 5.74) is 5.98. The van der Waals surface area contributed by atoms with Crippen LogP contribution in [0, 0.1) is 6.92 Å². The Morgan fingerprint density at radius 1 is 1.30 bits per heavy atom. The fraction of sp³-hybridized carbons (Fsp3) is 0.615. The molecular formula is C13H20N4O2S. The van der Waals surface area contributed by atoms with Crippen molar-refractivity contribution in [1.29, 1.82) is 0 Å². The molecule has 0 aliphatic rings. The molecule has 0 amide bonds. The van der Waals surface area contributed by atoms with Crippen LogP contribution in [-0.2, 0) is 16.9 Å². The molecule has 0 aromatic carbocycles. The Bertz CT molecular complexity index is 566. The van der Waals surface area contributed by atoms with Crippen LogP contribution in [0.4, 0.5) is 0 Å². The van der Waals surface area contributed by atoms with E-state index in [0.717, 1.165) is 28.4 Å². The topological polar surface area (TPSA) is 87.1 Å². The molecule has 6 nitrogen and oxygen atoms in total. The lowest BCUT2D eigenvalue weighted by Gasteiger charge is -2.25. The van der Waals surface area contributed by atoms with E-state index in [9.17, 15) is 0 Å². The molecule has 20 heavy (non-hydrogen) atoms. The maximum Gasteiger partial charge on any atom is 0.270 e. The summed E-state index contributed by atoms with van der Waals surface area (Å²) >= 11 is 1.49. The number of nitrogens with zero attached hydrogens (tertiary/aromatic N) is 3. The van der Waals surface area contributed by atoms with Crippen LogP contribution in [0.25, 0.3) is 10.8 Å². The van der Waals surface area contributed by atoms with Crippen molar-refractivity contribution < 1.29 is 9.26 Å². The second-order valence-corrected chi connectivity index (χ2v) is 5.64. The average molecular weight is 296 g/mol. The zero-order valence-corrected chi connectivity index (χ0v) is 13.1. The van der Waals surface area contributed by atoms with E-state index in [1.807, 2.05) is 20.8 Å². The molecule has 7 heteroatoms. The first-order valence-electron chi connectivity index (χ1n) is 6.66. The maximum atomic E-state index is 5.61. The number of hydrogen-bond donors (Lipinski definition) is 1. The van der Waals surface area contributed by atoms with Gasteiger partial charge in [0.1, 0.15) is 15.5 Å². The van der Waals surface area contributed by atoms with Gasteiger partial charge in [-0.05, 0) is 19.8 Å². The average Bonchev–Trinajstić information content (AvgIpc) is 3.08.